The SMILES string of the molecule is CC(=O)OC[C@H]1SC(O[C@H]2[C@H](OCc3ccccc3)[C@H]3COC(=O)N3C[C@H]2OCc2ccccc2)[C@H](OC(C)=O)[C@@H](OC(C)=O)[C@@H]1OC(C)=O. The highest BCUT2D eigenvalue weighted by atomic mass is 32.2. The summed E-state index contributed by atoms with van der Waals surface area (Å²) in [6, 6.07) is 18.4. The normalized spacial score (nSPS) is 28.9. The number of carbonyl (C=O) groups excluding carboxylic acids is 5. The molecule has 270 valence electrons. The third-order valence-corrected chi connectivity index (χ3v) is 9.69. The minimum Gasteiger partial charge on any atom is -0.465 e. The Labute approximate surface area is 293 Å². The van der Waals surface area contributed by atoms with E-state index in [4.69, 9.17) is 37.9 Å². The number of nitrogens with zero attached hydrogens (tertiary/aromatic N) is 1. The summed E-state index contributed by atoms with van der Waals surface area (Å²) in [5, 5.41) is -0.812. The lowest BCUT2D eigenvalue weighted by molar-refractivity contribution is -0.222. The fraction of sp³-hybridized carbons (Fsp3) is 0.514. The van der Waals surface area contributed by atoms with Gasteiger partial charge in [0.1, 0.15) is 37.0 Å². The summed E-state index contributed by atoms with van der Waals surface area (Å²) in [7, 11) is 0. The first-order valence-corrected chi connectivity index (χ1v) is 17.1. The molecular formula is C35H41NO13S. The van der Waals surface area contributed by atoms with Gasteiger partial charge >= 0.3 is 30.0 Å². The highest BCUT2D eigenvalue weighted by Gasteiger charge is 2.57. The number of amides is 1. The van der Waals surface area contributed by atoms with Gasteiger partial charge in [-0.25, -0.2) is 4.79 Å². The molecule has 14 nitrogen and oxygen atoms in total. The number of esters is 4. The standard InChI is InChI=1S/C35H41NO13S/c1-20(37)42-19-28-31(46-21(2)38)32(47-22(3)39)33(48-23(4)40)34(50-28)49-30-27(43-16-24-11-7-5-8-12-24)15-36-26(18-45-35(36)41)29(30)44-17-25-13-9-6-10-14-25/h5-14,26-34H,15-19H2,1-4H3/t26-,27-,28-,29-,30-,31-,32+,33-,34?/m1/s1. The third-order valence-electron chi connectivity index (χ3n) is 8.29. The zero-order valence-corrected chi connectivity index (χ0v) is 29.0. The van der Waals surface area contributed by atoms with Crippen molar-refractivity contribution in [3.05, 3.63) is 71.8 Å². The van der Waals surface area contributed by atoms with Crippen molar-refractivity contribution in [3.8, 4) is 0 Å². The van der Waals surface area contributed by atoms with E-state index in [1.807, 2.05) is 60.7 Å². The monoisotopic (exact) mass is 715 g/mol. The van der Waals surface area contributed by atoms with Crippen molar-refractivity contribution < 1.29 is 61.9 Å². The van der Waals surface area contributed by atoms with E-state index >= 15 is 0 Å². The summed E-state index contributed by atoms with van der Waals surface area (Å²) < 4.78 is 47.6. The zero-order valence-electron chi connectivity index (χ0n) is 28.2. The molecule has 3 heterocycles. The molecule has 0 spiro atoms. The van der Waals surface area contributed by atoms with Gasteiger partial charge in [-0.15, -0.1) is 11.8 Å². The molecule has 1 amide bonds. The molecule has 0 radical (unpaired) electrons. The lowest BCUT2D eigenvalue weighted by atomic mass is 9.94. The van der Waals surface area contributed by atoms with Crippen LogP contribution in [0.2, 0.25) is 0 Å². The molecular weight excluding hydrogens is 674 g/mol. The van der Waals surface area contributed by atoms with Crippen molar-refractivity contribution in [2.75, 3.05) is 19.8 Å². The first kappa shape index (κ1) is 37.1. The number of hydrogen-bond acceptors (Lipinski definition) is 14. The van der Waals surface area contributed by atoms with Crippen LogP contribution in [0.25, 0.3) is 0 Å². The summed E-state index contributed by atoms with van der Waals surface area (Å²) in [5.74, 6) is -2.72. The topological polar surface area (TPSA) is 162 Å². The summed E-state index contributed by atoms with van der Waals surface area (Å²) in [5.41, 5.74) is 0.668. The number of fused-ring (bicyclic) bond motifs is 1. The molecule has 3 saturated heterocycles. The second-order valence-corrected chi connectivity index (χ2v) is 13.4. The van der Waals surface area contributed by atoms with E-state index in [1.54, 1.807) is 4.90 Å². The molecule has 0 saturated carbocycles. The van der Waals surface area contributed by atoms with Crippen LogP contribution < -0.4 is 0 Å². The number of benzene rings is 2. The maximum Gasteiger partial charge on any atom is 0.410 e. The van der Waals surface area contributed by atoms with Crippen molar-refractivity contribution in [2.45, 2.75) is 94.3 Å². The first-order chi connectivity index (χ1) is 24.0. The highest BCUT2D eigenvalue weighted by Crippen LogP contribution is 2.42. The van der Waals surface area contributed by atoms with Gasteiger partial charge in [0.15, 0.2) is 18.3 Å². The third kappa shape index (κ3) is 9.53. The van der Waals surface area contributed by atoms with Crippen LogP contribution in [0.5, 0.6) is 0 Å². The number of piperidine rings is 1. The van der Waals surface area contributed by atoms with Crippen LogP contribution in [0.4, 0.5) is 4.79 Å². The van der Waals surface area contributed by atoms with Crippen LogP contribution >= 0.6 is 11.8 Å². The molecule has 1 unspecified atom stereocenters. The fourth-order valence-electron chi connectivity index (χ4n) is 6.19. The number of hydrogen-bond donors (Lipinski definition) is 0. The van der Waals surface area contributed by atoms with Gasteiger partial charge in [-0.2, -0.15) is 0 Å². The first-order valence-electron chi connectivity index (χ1n) is 16.2. The van der Waals surface area contributed by atoms with E-state index in [-0.39, 0.29) is 33.0 Å². The smallest absolute Gasteiger partial charge is 0.410 e. The average molecular weight is 716 g/mol. The second kappa shape index (κ2) is 17.2. The van der Waals surface area contributed by atoms with Crippen LogP contribution in [0.3, 0.4) is 0 Å². The fourth-order valence-corrected chi connectivity index (χ4v) is 7.61. The number of cyclic esters (lactones) is 1. The van der Waals surface area contributed by atoms with Gasteiger partial charge in [0, 0.05) is 27.7 Å². The van der Waals surface area contributed by atoms with Crippen molar-refractivity contribution >= 4 is 41.7 Å². The largest absolute Gasteiger partial charge is 0.465 e. The molecule has 5 rings (SSSR count). The summed E-state index contributed by atoms with van der Waals surface area (Å²) in [6.07, 6.45) is -6.80. The Kier molecular flexibility index (Phi) is 12.7. The molecule has 3 aliphatic rings. The van der Waals surface area contributed by atoms with E-state index in [9.17, 15) is 24.0 Å². The summed E-state index contributed by atoms with van der Waals surface area (Å²) in [4.78, 5) is 63.5. The number of ether oxygens (including phenoxy) is 8. The van der Waals surface area contributed by atoms with Crippen LogP contribution in [0, 0.1) is 0 Å². The Morgan fingerprint density at radius 3 is 1.86 bits per heavy atom. The van der Waals surface area contributed by atoms with Gasteiger partial charge in [-0.1, -0.05) is 60.7 Å². The molecule has 0 aromatic heterocycles. The maximum absolute atomic E-state index is 12.9. The van der Waals surface area contributed by atoms with Gasteiger partial charge in [0.2, 0.25) is 0 Å². The molecule has 3 aliphatic heterocycles. The average Bonchev–Trinajstić information content (AvgIpc) is 3.44. The van der Waals surface area contributed by atoms with E-state index in [1.165, 1.54) is 27.7 Å². The number of thioether (sulfide) groups is 1. The Morgan fingerprint density at radius 2 is 1.28 bits per heavy atom. The summed E-state index contributed by atoms with van der Waals surface area (Å²) >= 11 is 1.09. The van der Waals surface area contributed by atoms with Crippen molar-refractivity contribution in [3.63, 3.8) is 0 Å². The predicted octanol–water partition coefficient (Wildman–Crippen LogP) is 3.18. The Bertz CT molecular complexity index is 1490. The molecule has 2 aromatic rings. The van der Waals surface area contributed by atoms with Crippen molar-refractivity contribution in [1.29, 1.82) is 0 Å². The Hall–Kier alpha value is -4.18. The van der Waals surface area contributed by atoms with E-state index in [0.717, 1.165) is 22.9 Å². The van der Waals surface area contributed by atoms with E-state index < -0.39 is 83.3 Å². The molecule has 2 aromatic carbocycles. The minimum absolute atomic E-state index is 0.0361. The highest BCUT2D eigenvalue weighted by molar-refractivity contribution is 8.00. The van der Waals surface area contributed by atoms with Gasteiger partial charge in [-0.05, 0) is 11.1 Å². The van der Waals surface area contributed by atoms with Crippen LogP contribution in [0.15, 0.2) is 60.7 Å². The molecule has 3 fully saturated rings. The molecule has 0 bridgehead atoms. The molecule has 15 heteroatoms. The lowest BCUT2D eigenvalue weighted by Gasteiger charge is -2.48. The summed E-state index contributed by atoms with van der Waals surface area (Å²) in [6.45, 7) is 5.01. The van der Waals surface area contributed by atoms with Gasteiger partial charge < -0.3 is 37.9 Å². The van der Waals surface area contributed by atoms with Crippen LogP contribution in [-0.4, -0.2) is 108 Å². The van der Waals surface area contributed by atoms with E-state index in [2.05, 4.69) is 0 Å². The number of carbonyl (C=O) groups is 5. The Balaban J connectivity index is 1.53. The van der Waals surface area contributed by atoms with Gasteiger partial charge in [0.05, 0.1) is 31.1 Å². The minimum atomic E-state index is -1.34. The zero-order chi connectivity index (χ0) is 35.8. The van der Waals surface area contributed by atoms with Crippen LogP contribution in [0.1, 0.15) is 38.8 Å². The second-order valence-electron chi connectivity index (χ2n) is 12.1. The Morgan fingerprint density at radius 1 is 0.720 bits per heavy atom. The quantitative estimate of drug-likeness (QED) is 0.220. The molecule has 0 aliphatic carbocycles. The predicted molar refractivity (Wildman–Crippen MR) is 175 cm³/mol. The lowest BCUT2D eigenvalue weighted by Crippen LogP contribution is -2.65. The van der Waals surface area contributed by atoms with Gasteiger partial charge in [-0.3, -0.25) is 24.1 Å². The molecule has 9 atom stereocenters. The van der Waals surface area contributed by atoms with E-state index in [0.29, 0.717) is 0 Å². The number of rotatable bonds is 13. The molecule has 0 N–H and O–H groups in total. The van der Waals surface area contributed by atoms with Crippen molar-refractivity contribution in [1.82, 2.24) is 4.90 Å². The van der Waals surface area contributed by atoms with Crippen molar-refractivity contribution in [2.24, 2.45) is 0 Å². The van der Waals surface area contributed by atoms with Crippen LogP contribution in [-0.2, 0) is 70.3 Å². The molecule has 50 heavy (non-hydrogen) atoms. The van der Waals surface area contributed by atoms with Gasteiger partial charge in [0.25, 0.3) is 0 Å². The maximum atomic E-state index is 12.9.